The Balaban J connectivity index is 1.50. The number of piperidine rings is 2. The van der Waals surface area contributed by atoms with Crippen LogP contribution in [0.3, 0.4) is 0 Å². The summed E-state index contributed by atoms with van der Waals surface area (Å²) in [7, 11) is 0. The third kappa shape index (κ3) is 3.83. The summed E-state index contributed by atoms with van der Waals surface area (Å²) in [6, 6.07) is 9.44. The van der Waals surface area contributed by atoms with Gasteiger partial charge in [0.05, 0.1) is 0 Å². The van der Waals surface area contributed by atoms with E-state index in [9.17, 15) is 0 Å². The summed E-state index contributed by atoms with van der Waals surface area (Å²) in [6.45, 7) is 6.22. The van der Waals surface area contributed by atoms with Crippen molar-refractivity contribution < 1.29 is 0 Å². The molecular formula is C18H28N2. The molecule has 20 heavy (non-hydrogen) atoms. The van der Waals surface area contributed by atoms with Crippen LogP contribution in [0.2, 0.25) is 0 Å². The Morgan fingerprint density at radius 3 is 2.50 bits per heavy atom. The van der Waals surface area contributed by atoms with Crippen LogP contribution in [0.1, 0.15) is 49.1 Å². The molecule has 0 saturated carbocycles. The Bertz CT molecular complexity index is 386. The number of likely N-dealkylation sites (tertiary alicyclic amines) is 1. The molecule has 1 unspecified atom stereocenters. The van der Waals surface area contributed by atoms with Crippen LogP contribution in [0.25, 0.3) is 0 Å². The largest absolute Gasteiger partial charge is 0.316 e. The summed E-state index contributed by atoms with van der Waals surface area (Å²) in [6.07, 6.45) is 8.10. The Hall–Kier alpha value is -0.860. The van der Waals surface area contributed by atoms with Crippen LogP contribution in [-0.4, -0.2) is 37.6 Å². The van der Waals surface area contributed by atoms with E-state index in [4.69, 9.17) is 0 Å². The second-order valence-corrected chi connectivity index (χ2v) is 6.44. The maximum Gasteiger partial charge on any atom is 0.00218 e. The molecule has 1 aromatic rings. The van der Waals surface area contributed by atoms with Crippen molar-refractivity contribution in [2.24, 2.45) is 0 Å². The minimum atomic E-state index is 0.736. The molecule has 0 spiro atoms. The van der Waals surface area contributed by atoms with E-state index >= 15 is 0 Å². The highest BCUT2D eigenvalue weighted by molar-refractivity contribution is 5.26. The van der Waals surface area contributed by atoms with Gasteiger partial charge in [-0.2, -0.15) is 0 Å². The van der Waals surface area contributed by atoms with Gasteiger partial charge >= 0.3 is 0 Å². The van der Waals surface area contributed by atoms with Crippen LogP contribution in [0.4, 0.5) is 0 Å². The monoisotopic (exact) mass is 272 g/mol. The maximum absolute atomic E-state index is 3.51. The van der Waals surface area contributed by atoms with Crippen molar-refractivity contribution in [3.63, 3.8) is 0 Å². The zero-order valence-corrected chi connectivity index (χ0v) is 12.6. The van der Waals surface area contributed by atoms with Gasteiger partial charge in [-0.3, -0.25) is 0 Å². The zero-order valence-electron chi connectivity index (χ0n) is 12.6. The Morgan fingerprint density at radius 1 is 1.00 bits per heavy atom. The fraction of sp³-hybridized carbons (Fsp3) is 0.667. The van der Waals surface area contributed by atoms with Gasteiger partial charge in [-0.15, -0.1) is 0 Å². The summed E-state index contributed by atoms with van der Waals surface area (Å²) in [5, 5.41) is 3.51. The molecule has 0 aliphatic carbocycles. The highest BCUT2D eigenvalue weighted by Crippen LogP contribution is 2.23. The quantitative estimate of drug-likeness (QED) is 0.905. The van der Waals surface area contributed by atoms with E-state index in [1.807, 2.05) is 0 Å². The van der Waals surface area contributed by atoms with Gasteiger partial charge in [-0.05, 0) is 68.8 Å². The molecule has 0 radical (unpaired) electrons. The van der Waals surface area contributed by atoms with Gasteiger partial charge in [0.15, 0.2) is 0 Å². The summed E-state index contributed by atoms with van der Waals surface area (Å²) >= 11 is 0. The van der Waals surface area contributed by atoms with Crippen LogP contribution >= 0.6 is 0 Å². The summed E-state index contributed by atoms with van der Waals surface area (Å²) in [4.78, 5) is 2.63. The van der Waals surface area contributed by atoms with Gasteiger partial charge in [0.25, 0.3) is 0 Å². The Morgan fingerprint density at radius 2 is 1.80 bits per heavy atom. The number of hydrogen-bond acceptors (Lipinski definition) is 2. The zero-order chi connectivity index (χ0) is 13.6. The van der Waals surface area contributed by atoms with Crippen LogP contribution in [0.5, 0.6) is 0 Å². The standard InChI is InChI=1S/C18H28N2/c1-2-12-20(13-3-1)14-10-16-6-8-17(9-7-16)18-5-4-11-19-15-18/h6-9,18-19H,1-5,10-15H2. The van der Waals surface area contributed by atoms with Crippen molar-refractivity contribution in [1.29, 1.82) is 0 Å². The molecule has 0 bridgehead atoms. The third-order valence-corrected chi connectivity index (χ3v) is 4.91. The first-order valence-electron chi connectivity index (χ1n) is 8.44. The molecule has 3 rings (SSSR count). The lowest BCUT2D eigenvalue weighted by molar-refractivity contribution is 0.231. The summed E-state index contributed by atoms with van der Waals surface area (Å²) in [5.41, 5.74) is 3.03. The predicted molar refractivity (Wildman–Crippen MR) is 85.3 cm³/mol. The normalized spacial score (nSPS) is 24.7. The van der Waals surface area contributed by atoms with Gasteiger partial charge in [0, 0.05) is 13.1 Å². The van der Waals surface area contributed by atoms with Crippen LogP contribution in [0, 0.1) is 0 Å². The molecular weight excluding hydrogens is 244 g/mol. The SMILES string of the molecule is c1cc(C2CCCNC2)ccc1CCN1CCCCC1. The van der Waals surface area contributed by atoms with E-state index in [0.717, 1.165) is 12.5 Å². The molecule has 2 fully saturated rings. The smallest absolute Gasteiger partial charge is 0.00218 e. The second-order valence-electron chi connectivity index (χ2n) is 6.44. The van der Waals surface area contributed by atoms with E-state index in [0.29, 0.717) is 0 Å². The first-order chi connectivity index (χ1) is 9.92. The predicted octanol–water partition coefficient (Wildman–Crippen LogP) is 3.18. The molecule has 2 aliphatic heterocycles. The van der Waals surface area contributed by atoms with Crippen LogP contribution < -0.4 is 5.32 Å². The van der Waals surface area contributed by atoms with Crippen molar-refractivity contribution >= 4 is 0 Å². The highest BCUT2D eigenvalue weighted by atomic mass is 15.1. The van der Waals surface area contributed by atoms with Crippen LogP contribution in [-0.2, 0) is 6.42 Å². The number of rotatable bonds is 4. The average molecular weight is 272 g/mol. The van der Waals surface area contributed by atoms with E-state index in [2.05, 4.69) is 34.5 Å². The summed E-state index contributed by atoms with van der Waals surface area (Å²) < 4.78 is 0. The lowest BCUT2D eigenvalue weighted by atomic mass is 9.91. The molecule has 110 valence electrons. The molecule has 0 aromatic heterocycles. The highest BCUT2D eigenvalue weighted by Gasteiger charge is 2.15. The first-order valence-corrected chi connectivity index (χ1v) is 8.44. The second kappa shape index (κ2) is 7.24. The molecule has 0 amide bonds. The molecule has 1 N–H and O–H groups in total. The van der Waals surface area contributed by atoms with E-state index in [1.54, 1.807) is 0 Å². The van der Waals surface area contributed by atoms with Gasteiger partial charge in [0.1, 0.15) is 0 Å². The third-order valence-electron chi connectivity index (χ3n) is 4.91. The topological polar surface area (TPSA) is 15.3 Å². The average Bonchev–Trinajstić information content (AvgIpc) is 2.55. The molecule has 2 aliphatic rings. The lowest BCUT2D eigenvalue weighted by Gasteiger charge is -2.26. The number of nitrogens with zero attached hydrogens (tertiary/aromatic N) is 1. The van der Waals surface area contributed by atoms with Crippen molar-refractivity contribution in [2.75, 3.05) is 32.7 Å². The molecule has 2 heterocycles. The minimum Gasteiger partial charge on any atom is -0.316 e. The van der Waals surface area contributed by atoms with Crippen LogP contribution in [0.15, 0.2) is 24.3 Å². The minimum absolute atomic E-state index is 0.736. The molecule has 2 saturated heterocycles. The first kappa shape index (κ1) is 14.1. The number of nitrogens with one attached hydrogen (secondary N) is 1. The molecule has 1 atom stereocenters. The Kier molecular flexibility index (Phi) is 5.10. The fourth-order valence-corrected chi connectivity index (χ4v) is 3.56. The number of benzene rings is 1. The van der Waals surface area contributed by atoms with Crippen molar-refractivity contribution in [3.05, 3.63) is 35.4 Å². The van der Waals surface area contributed by atoms with E-state index in [1.165, 1.54) is 75.8 Å². The summed E-state index contributed by atoms with van der Waals surface area (Å²) in [5.74, 6) is 0.736. The van der Waals surface area contributed by atoms with Crippen molar-refractivity contribution in [3.8, 4) is 0 Å². The lowest BCUT2D eigenvalue weighted by Crippen LogP contribution is -2.31. The van der Waals surface area contributed by atoms with Gasteiger partial charge < -0.3 is 10.2 Å². The Labute approximate surface area is 123 Å². The molecule has 2 nitrogen and oxygen atoms in total. The molecule has 1 aromatic carbocycles. The van der Waals surface area contributed by atoms with Gasteiger partial charge in [-0.25, -0.2) is 0 Å². The molecule has 2 heteroatoms. The van der Waals surface area contributed by atoms with E-state index in [-0.39, 0.29) is 0 Å². The van der Waals surface area contributed by atoms with Crippen molar-refractivity contribution in [1.82, 2.24) is 10.2 Å². The van der Waals surface area contributed by atoms with Gasteiger partial charge in [-0.1, -0.05) is 30.7 Å². The van der Waals surface area contributed by atoms with Crippen molar-refractivity contribution in [2.45, 2.75) is 44.4 Å². The maximum atomic E-state index is 3.51. The van der Waals surface area contributed by atoms with E-state index < -0.39 is 0 Å². The fourth-order valence-electron chi connectivity index (χ4n) is 3.56. The number of hydrogen-bond donors (Lipinski definition) is 1. The van der Waals surface area contributed by atoms with Gasteiger partial charge in [0.2, 0.25) is 0 Å².